The van der Waals surface area contributed by atoms with E-state index in [-0.39, 0.29) is 42.1 Å². The number of benzene rings is 3. The highest BCUT2D eigenvalue weighted by molar-refractivity contribution is 5.96. The molecule has 0 atom stereocenters. The molecule has 0 saturated heterocycles. The van der Waals surface area contributed by atoms with Crippen molar-refractivity contribution in [3.05, 3.63) is 94.6 Å². The maximum atomic E-state index is 13.8. The number of phenols is 1. The summed E-state index contributed by atoms with van der Waals surface area (Å²) in [6, 6.07) is 12.7. The number of hydrogen-bond acceptors (Lipinski definition) is 4. The molecule has 0 unspecified atom stereocenters. The molecular formula is C25H22F4O4. The summed E-state index contributed by atoms with van der Waals surface area (Å²) in [6.07, 6.45) is 0.368. The molecule has 0 radical (unpaired) electrons. The van der Waals surface area contributed by atoms with Crippen molar-refractivity contribution in [2.24, 2.45) is 0 Å². The standard InChI is InChI=1S/C16H14F2O2.C9H8F2O2/c1-2-15(19)12-8-13(17)16(14(18)9-12)20-10-11-6-4-3-5-7-11;1-2-8(12)5-3-6(10)9(13)7(11)4-5/h3-9H,2,10H2,1H3;3-4,13H,2H2,1H3. The van der Waals surface area contributed by atoms with Crippen LogP contribution in [0.2, 0.25) is 0 Å². The molecule has 0 amide bonds. The van der Waals surface area contributed by atoms with Gasteiger partial charge in [0, 0.05) is 24.0 Å². The molecule has 3 aromatic rings. The second-order valence-electron chi connectivity index (χ2n) is 6.89. The molecule has 0 aliphatic rings. The summed E-state index contributed by atoms with van der Waals surface area (Å²) in [5.74, 6) is -6.13. The first-order valence-electron chi connectivity index (χ1n) is 10.1. The Balaban J connectivity index is 0.000000257. The molecule has 8 heteroatoms. The molecule has 0 fully saturated rings. The maximum absolute atomic E-state index is 13.8. The van der Waals surface area contributed by atoms with Crippen molar-refractivity contribution in [3.8, 4) is 11.5 Å². The molecular weight excluding hydrogens is 440 g/mol. The van der Waals surface area contributed by atoms with Crippen molar-refractivity contribution in [3.63, 3.8) is 0 Å². The fourth-order valence-electron chi connectivity index (χ4n) is 2.72. The molecule has 0 saturated carbocycles. The van der Waals surface area contributed by atoms with E-state index in [2.05, 4.69) is 0 Å². The first-order chi connectivity index (χ1) is 15.7. The van der Waals surface area contributed by atoms with Gasteiger partial charge >= 0.3 is 0 Å². The van der Waals surface area contributed by atoms with E-state index >= 15 is 0 Å². The molecule has 33 heavy (non-hydrogen) atoms. The predicted molar refractivity (Wildman–Crippen MR) is 114 cm³/mol. The van der Waals surface area contributed by atoms with Gasteiger partial charge in [0.25, 0.3) is 0 Å². The third-order valence-electron chi connectivity index (χ3n) is 4.53. The van der Waals surface area contributed by atoms with E-state index in [1.54, 1.807) is 26.0 Å². The van der Waals surface area contributed by atoms with Crippen LogP contribution in [-0.2, 0) is 6.61 Å². The number of aromatic hydroxyl groups is 1. The van der Waals surface area contributed by atoms with Gasteiger partial charge in [0.2, 0.25) is 0 Å². The zero-order chi connectivity index (χ0) is 24.5. The van der Waals surface area contributed by atoms with Crippen LogP contribution in [0.3, 0.4) is 0 Å². The lowest BCUT2D eigenvalue weighted by Gasteiger charge is -2.09. The molecule has 174 valence electrons. The SMILES string of the molecule is CCC(=O)c1cc(F)c(O)c(F)c1.CCC(=O)c1cc(F)c(OCc2ccccc2)c(F)c1. The summed E-state index contributed by atoms with van der Waals surface area (Å²) < 4.78 is 58.1. The Kier molecular flexibility index (Phi) is 9.15. The Morgan fingerprint density at radius 3 is 1.61 bits per heavy atom. The fourth-order valence-corrected chi connectivity index (χ4v) is 2.72. The van der Waals surface area contributed by atoms with E-state index in [4.69, 9.17) is 9.84 Å². The lowest BCUT2D eigenvalue weighted by molar-refractivity contribution is 0.0979. The molecule has 0 spiro atoms. The number of hydrogen-bond donors (Lipinski definition) is 1. The number of Topliss-reactive ketones (excluding diaryl/α,β-unsaturated/α-hetero) is 2. The number of ketones is 2. The van der Waals surface area contributed by atoms with Crippen molar-refractivity contribution in [2.75, 3.05) is 0 Å². The summed E-state index contributed by atoms with van der Waals surface area (Å²) in [5, 5.41) is 8.72. The van der Waals surface area contributed by atoms with Gasteiger partial charge in [-0.25, -0.2) is 17.6 Å². The highest BCUT2D eigenvalue weighted by atomic mass is 19.1. The monoisotopic (exact) mass is 462 g/mol. The number of carbonyl (C=O) groups is 2. The molecule has 1 N–H and O–H groups in total. The van der Waals surface area contributed by atoms with Gasteiger partial charge in [0.05, 0.1) is 0 Å². The maximum Gasteiger partial charge on any atom is 0.191 e. The lowest BCUT2D eigenvalue weighted by atomic mass is 10.1. The summed E-state index contributed by atoms with van der Waals surface area (Å²) in [5.41, 5.74) is 0.768. The van der Waals surface area contributed by atoms with E-state index in [0.717, 1.165) is 29.8 Å². The van der Waals surface area contributed by atoms with Crippen LogP contribution >= 0.6 is 0 Å². The minimum absolute atomic E-state index is 0.0227. The third-order valence-corrected chi connectivity index (χ3v) is 4.53. The van der Waals surface area contributed by atoms with Crippen molar-refractivity contribution in [1.29, 1.82) is 0 Å². The van der Waals surface area contributed by atoms with Crippen LogP contribution in [-0.4, -0.2) is 16.7 Å². The van der Waals surface area contributed by atoms with E-state index in [0.29, 0.717) is 0 Å². The van der Waals surface area contributed by atoms with Gasteiger partial charge < -0.3 is 9.84 Å². The summed E-state index contributed by atoms with van der Waals surface area (Å²) in [4.78, 5) is 22.4. The highest BCUT2D eigenvalue weighted by Gasteiger charge is 2.16. The van der Waals surface area contributed by atoms with E-state index in [1.807, 2.05) is 18.2 Å². The minimum atomic E-state index is -1.11. The van der Waals surface area contributed by atoms with Gasteiger partial charge in [-0.05, 0) is 29.8 Å². The molecule has 0 aromatic heterocycles. The summed E-state index contributed by atoms with van der Waals surface area (Å²) in [7, 11) is 0. The lowest BCUT2D eigenvalue weighted by Crippen LogP contribution is -2.04. The smallest absolute Gasteiger partial charge is 0.191 e. The topological polar surface area (TPSA) is 63.6 Å². The van der Waals surface area contributed by atoms with Gasteiger partial charge in [-0.1, -0.05) is 44.2 Å². The average molecular weight is 462 g/mol. The molecule has 3 aromatic carbocycles. The van der Waals surface area contributed by atoms with Crippen LogP contribution in [0.4, 0.5) is 17.6 Å². The number of rotatable bonds is 7. The minimum Gasteiger partial charge on any atom is -0.503 e. The second kappa shape index (κ2) is 11.8. The van der Waals surface area contributed by atoms with E-state index < -0.39 is 34.8 Å². The Morgan fingerprint density at radius 1 is 0.758 bits per heavy atom. The third kappa shape index (κ3) is 6.90. The molecule has 0 aliphatic carbocycles. The quantitative estimate of drug-likeness (QED) is 0.326. The molecule has 0 bridgehead atoms. The normalized spacial score (nSPS) is 10.2. The first kappa shape index (κ1) is 25.6. The molecule has 0 heterocycles. The zero-order valence-electron chi connectivity index (χ0n) is 18.0. The Hall–Kier alpha value is -3.68. The van der Waals surface area contributed by atoms with Crippen molar-refractivity contribution in [1.82, 2.24) is 0 Å². The fraction of sp³-hybridized carbons (Fsp3) is 0.200. The van der Waals surface area contributed by atoms with E-state index in [9.17, 15) is 27.2 Å². The van der Waals surface area contributed by atoms with Gasteiger partial charge in [0.1, 0.15) is 6.61 Å². The van der Waals surface area contributed by atoms with Gasteiger partial charge in [-0.2, -0.15) is 0 Å². The Labute approximate surface area is 188 Å². The first-order valence-corrected chi connectivity index (χ1v) is 10.1. The van der Waals surface area contributed by atoms with Gasteiger partial charge in [0.15, 0.2) is 46.3 Å². The van der Waals surface area contributed by atoms with Crippen LogP contribution < -0.4 is 4.74 Å². The van der Waals surface area contributed by atoms with Crippen molar-refractivity contribution < 1.29 is 37.0 Å². The largest absolute Gasteiger partial charge is 0.503 e. The van der Waals surface area contributed by atoms with Crippen LogP contribution in [0.15, 0.2) is 54.6 Å². The number of phenolic OH excluding ortho intramolecular Hbond substituents is 1. The molecule has 4 nitrogen and oxygen atoms in total. The highest BCUT2D eigenvalue weighted by Crippen LogP contribution is 2.25. The van der Waals surface area contributed by atoms with Crippen LogP contribution in [0, 0.1) is 23.3 Å². The second-order valence-corrected chi connectivity index (χ2v) is 6.89. The molecule has 0 aliphatic heterocycles. The molecule has 3 rings (SSSR count). The van der Waals surface area contributed by atoms with E-state index in [1.165, 1.54) is 0 Å². The average Bonchev–Trinajstić information content (AvgIpc) is 2.81. The summed E-state index contributed by atoms with van der Waals surface area (Å²) >= 11 is 0. The van der Waals surface area contributed by atoms with Crippen molar-refractivity contribution >= 4 is 11.6 Å². The number of halogens is 4. The summed E-state index contributed by atoms with van der Waals surface area (Å²) in [6.45, 7) is 3.29. The Morgan fingerprint density at radius 2 is 1.18 bits per heavy atom. The van der Waals surface area contributed by atoms with Crippen LogP contribution in [0.1, 0.15) is 53.0 Å². The van der Waals surface area contributed by atoms with Gasteiger partial charge in [-0.15, -0.1) is 0 Å². The van der Waals surface area contributed by atoms with Crippen molar-refractivity contribution in [2.45, 2.75) is 33.3 Å². The van der Waals surface area contributed by atoms with Gasteiger partial charge in [-0.3, -0.25) is 9.59 Å². The van der Waals surface area contributed by atoms with Crippen LogP contribution in [0.25, 0.3) is 0 Å². The number of ether oxygens (including phenoxy) is 1. The number of carbonyl (C=O) groups excluding carboxylic acids is 2. The van der Waals surface area contributed by atoms with Crippen LogP contribution in [0.5, 0.6) is 11.5 Å². The predicted octanol–water partition coefficient (Wildman–Crippen LogP) is 6.40. The zero-order valence-corrected chi connectivity index (χ0v) is 18.0. The Bertz CT molecular complexity index is 1080.